The predicted octanol–water partition coefficient (Wildman–Crippen LogP) is 4.05. The van der Waals surface area contributed by atoms with Crippen LogP contribution in [-0.4, -0.2) is 22.3 Å². The van der Waals surface area contributed by atoms with Crippen molar-refractivity contribution >= 4 is 37.8 Å². The predicted molar refractivity (Wildman–Crippen MR) is 84.4 cm³/mol. The quantitative estimate of drug-likeness (QED) is 0.779. The molecule has 4 nitrogen and oxygen atoms in total. The summed E-state index contributed by atoms with van der Waals surface area (Å²) in [4.78, 5) is 12.1. The fraction of sp³-hybridized carbons (Fsp3) is 0.286. The SMILES string of the molecule is Cc1nn(C(=O)COc2ccc(Br)cc2Br)c(C)c1C. The van der Waals surface area contributed by atoms with Gasteiger partial charge in [-0.1, -0.05) is 15.9 Å². The Morgan fingerprint density at radius 1 is 1.30 bits per heavy atom. The van der Waals surface area contributed by atoms with E-state index in [1.54, 1.807) is 6.07 Å². The number of nitrogens with zero attached hydrogens (tertiary/aromatic N) is 2. The van der Waals surface area contributed by atoms with Gasteiger partial charge in [-0.05, 0) is 60.5 Å². The number of aromatic nitrogens is 2. The van der Waals surface area contributed by atoms with Gasteiger partial charge in [0.15, 0.2) is 6.61 Å². The van der Waals surface area contributed by atoms with Gasteiger partial charge >= 0.3 is 0 Å². The van der Waals surface area contributed by atoms with E-state index < -0.39 is 0 Å². The van der Waals surface area contributed by atoms with Crippen molar-refractivity contribution in [3.8, 4) is 5.75 Å². The normalized spacial score (nSPS) is 10.7. The maximum atomic E-state index is 12.1. The zero-order valence-electron chi connectivity index (χ0n) is 11.4. The van der Waals surface area contributed by atoms with Gasteiger partial charge in [-0.3, -0.25) is 4.79 Å². The summed E-state index contributed by atoms with van der Waals surface area (Å²) in [7, 11) is 0. The van der Waals surface area contributed by atoms with Crippen molar-refractivity contribution in [2.45, 2.75) is 20.8 Å². The maximum Gasteiger partial charge on any atom is 0.284 e. The van der Waals surface area contributed by atoms with E-state index in [9.17, 15) is 4.79 Å². The van der Waals surface area contributed by atoms with Gasteiger partial charge < -0.3 is 4.74 Å². The summed E-state index contributed by atoms with van der Waals surface area (Å²) >= 11 is 6.76. The molecule has 0 saturated carbocycles. The van der Waals surface area contributed by atoms with E-state index in [4.69, 9.17) is 4.74 Å². The Bertz CT molecular complexity index is 665. The summed E-state index contributed by atoms with van der Waals surface area (Å²) < 4.78 is 8.67. The molecule has 2 aromatic rings. The van der Waals surface area contributed by atoms with Gasteiger partial charge in [0.2, 0.25) is 0 Å². The number of ether oxygens (including phenoxy) is 1. The molecule has 20 heavy (non-hydrogen) atoms. The van der Waals surface area contributed by atoms with Crippen LogP contribution in [0.15, 0.2) is 27.1 Å². The Morgan fingerprint density at radius 3 is 2.55 bits per heavy atom. The number of carbonyl (C=O) groups is 1. The molecule has 0 amide bonds. The van der Waals surface area contributed by atoms with E-state index in [1.165, 1.54) is 4.68 Å². The average Bonchev–Trinajstić information content (AvgIpc) is 2.65. The first-order valence-electron chi connectivity index (χ1n) is 6.04. The van der Waals surface area contributed by atoms with Crippen LogP contribution in [0.3, 0.4) is 0 Å². The molecule has 0 aliphatic carbocycles. The third-order valence-corrected chi connectivity index (χ3v) is 4.25. The Hall–Kier alpha value is -1.14. The van der Waals surface area contributed by atoms with E-state index in [1.807, 2.05) is 32.9 Å². The van der Waals surface area contributed by atoms with Gasteiger partial charge in [-0.25, -0.2) is 4.68 Å². The van der Waals surface area contributed by atoms with Crippen molar-refractivity contribution in [2.24, 2.45) is 0 Å². The number of hydrogen-bond donors (Lipinski definition) is 0. The topological polar surface area (TPSA) is 44.1 Å². The Kier molecular flexibility index (Phi) is 4.65. The fourth-order valence-corrected chi connectivity index (χ4v) is 2.92. The highest BCUT2D eigenvalue weighted by Crippen LogP contribution is 2.28. The second-order valence-corrected chi connectivity index (χ2v) is 6.23. The molecule has 0 atom stereocenters. The largest absolute Gasteiger partial charge is 0.482 e. The minimum Gasteiger partial charge on any atom is -0.482 e. The molecular weight excluding hydrogens is 388 g/mol. The molecule has 0 aliphatic heterocycles. The zero-order chi connectivity index (χ0) is 14.9. The number of benzene rings is 1. The summed E-state index contributed by atoms with van der Waals surface area (Å²) in [6.07, 6.45) is 0. The van der Waals surface area contributed by atoms with Gasteiger partial charge in [0, 0.05) is 10.2 Å². The molecule has 106 valence electrons. The van der Waals surface area contributed by atoms with Gasteiger partial charge in [0.1, 0.15) is 5.75 Å². The summed E-state index contributed by atoms with van der Waals surface area (Å²) in [6, 6.07) is 5.53. The molecule has 0 radical (unpaired) electrons. The second kappa shape index (κ2) is 6.10. The van der Waals surface area contributed by atoms with Crippen molar-refractivity contribution < 1.29 is 9.53 Å². The standard InChI is InChI=1S/C14H14Br2N2O2/c1-8-9(2)17-18(10(8)3)14(19)7-20-13-5-4-11(15)6-12(13)16/h4-6H,7H2,1-3H3. The molecule has 0 N–H and O–H groups in total. The van der Waals surface area contributed by atoms with Crippen molar-refractivity contribution in [3.63, 3.8) is 0 Å². The van der Waals surface area contributed by atoms with E-state index >= 15 is 0 Å². The molecule has 1 heterocycles. The molecule has 6 heteroatoms. The van der Waals surface area contributed by atoms with Crippen LogP contribution in [0.4, 0.5) is 0 Å². The molecular formula is C14H14Br2N2O2. The fourth-order valence-electron chi connectivity index (χ4n) is 1.76. The Balaban J connectivity index is 2.10. The summed E-state index contributed by atoms with van der Waals surface area (Å²) in [5.41, 5.74) is 2.75. The van der Waals surface area contributed by atoms with E-state index in [2.05, 4.69) is 37.0 Å². The van der Waals surface area contributed by atoms with Crippen LogP contribution in [0.2, 0.25) is 0 Å². The van der Waals surface area contributed by atoms with Crippen molar-refractivity contribution in [3.05, 3.63) is 44.1 Å². The smallest absolute Gasteiger partial charge is 0.284 e. The molecule has 1 aromatic heterocycles. The zero-order valence-corrected chi connectivity index (χ0v) is 14.6. The van der Waals surface area contributed by atoms with Crippen LogP contribution < -0.4 is 4.74 Å². The molecule has 0 fully saturated rings. The summed E-state index contributed by atoms with van der Waals surface area (Å²) in [6.45, 7) is 5.66. The first kappa shape index (κ1) is 15.3. The van der Waals surface area contributed by atoms with Crippen LogP contribution >= 0.6 is 31.9 Å². The van der Waals surface area contributed by atoms with Gasteiger partial charge in [0.05, 0.1) is 10.2 Å². The van der Waals surface area contributed by atoms with Crippen LogP contribution in [0, 0.1) is 20.8 Å². The lowest BCUT2D eigenvalue weighted by Gasteiger charge is -2.08. The summed E-state index contributed by atoms with van der Waals surface area (Å²) in [5.74, 6) is 0.438. The van der Waals surface area contributed by atoms with Crippen molar-refractivity contribution in [1.82, 2.24) is 9.78 Å². The van der Waals surface area contributed by atoms with Crippen LogP contribution in [0.25, 0.3) is 0 Å². The van der Waals surface area contributed by atoms with Gasteiger partial charge in [-0.2, -0.15) is 5.10 Å². The lowest BCUT2D eigenvalue weighted by Crippen LogP contribution is -2.21. The number of aryl methyl sites for hydroxylation is 1. The minimum atomic E-state index is -0.187. The van der Waals surface area contributed by atoms with Crippen LogP contribution in [0.5, 0.6) is 5.75 Å². The molecule has 0 bridgehead atoms. The molecule has 0 saturated heterocycles. The highest BCUT2D eigenvalue weighted by molar-refractivity contribution is 9.11. The third kappa shape index (κ3) is 3.12. The van der Waals surface area contributed by atoms with Gasteiger partial charge in [-0.15, -0.1) is 0 Å². The molecule has 0 unspecified atom stereocenters. The number of hydrogen-bond acceptors (Lipinski definition) is 3. The number of carbonyl (C=O) groups excluding carboxylic acids is 1. The van der Waals surface area contributed by atoms with E-state index in [-0.39, 0.29) is 12.5 Å². The highest BCUT2D eigenvalue weighted by atomic mass is 79.9. The Morgan fingerprint density at radius 2 is 2.00 bits per heavy atom. The first-order chi connectivity index (χ1) is 9.40. The van der Waals surface area contributed by atoms with E-state index in [0.717, 1.165) is 25.9 Å². The van der Waals surface area contributed by atoms with Crippen LogP contribution in [0.1, 0.15) is 21.7 Å². The van der Waals surface area contributed by atoms with Crippen molar-refractivity contribution in [2.75, 3.05) is 6.61 Å². The molecule has 2 rings (SSSR count). The molecule has 1 aromatic carbocycles. The third-order valence-electron chi connectivity index (χ3n) is 3.13. The maximum absolute atomic E-state index is 12.1. The number of rotatable bonds is 3. The average molecular weight is 402 g/mol. The lowest BCUT2D eigenvalue weighted by atomic mass is 10.2. The van der Waals surface area contributed by atoms with Gasteiger partial charge in [0.25, 0.3) is 5.91 Å². The second-order valence-electron chi connectivity index (χ2n) is 4.46. The Labute approximate surface area is 134 Å². The molecule has 0 aliphatic rings. The number of halogens is 2. The monoisotopic (exact) mass is 400 g/mol. The van der Waals surface area contributed by atoms with E-state index in [0.29, 0.717) is 5.75 Å². The highest BCUT2D eigenvalue weighted by Gasteiger charge is 2.14. The summed E-state index contributed by atoms with van der Waals surface area (Å²) in [5, 5.41) is 4.23. The van der Waals surface area contributed by atoms with Crippen LogP contribution in [-0.2, 0) is 0 Å². The molecule has 0 spiro atoms. The van der Waals surface area contributed by atoms with Crippen molar-refractivity contribution in [1.29, 1.82) is 0 Å². The lowest BCUT2D eigenvalue weighted by molar-refractivity contribution is 0.0817. The minimum absolute atomic E-state index is 0.0539. The first-order valence-corrected chi connectivity index (χ1v) is 7.62.